The zero-order chi connectivity index (χ0) is 13.9. The van der Waals surface area contributed by atoms with Crippen LogP contribution in [0.3, 0.4) is 0 Å². The average molecular weight is 298 g/mol. The van der Waals surface area contributed by atoms with E-state index in [2.05, 4.69) is 18.7 Å². The van der Waals surface area contributed by atoms with E-state index < -0.39 is 0 Å². The summed E-state index contributed by atoms with van der Waals surface area (Å²) in [5.41, 5.74) is 3.78. The van der Waals surface area contributed by atoms with Crippen LogP contribution in [0.5, 0.6) is 0 Å². The van der Waals surface area contributed by atoms with Gasteiger partial charge in [-0.05, 0) is 18.2 Å². The largest absolute Gasteiger partial charge is 0.247 e. The van der Waals surface area contributed by atoms with Crippen molar-refractivity contribution in [1.82, 2.24) is 0 Å². The highest BCUT2D eigenvalue weighted by Gasteiger charge is 2.16. The van der Waals surface area contributed by atoms with E-state index in [1.54, 1.807) is 17.8 Å². The molecule has 1 aliphatic rings. The molecule has 0 atom stereocenters. The molecule has 1 aliphatic heterocycles. The monoisotopic (exact) mass is 297 g/mol. The van der Waals surface area contributed by atoms with E-state index in [-0.39, 0.29) is 0 Å². The highest BCUT2D eigenvalue weighted by atomic mass is 35.5. The van der Waals surface area contributed by atoms with Crippen molar-refractivity contribution in [2.45, 2.75) is 4.90 Å². The molecular weight excluding hydrogens is 286 g/mol. The van der Waals surface area contributed by atoms with E-state index in [9.17, 15) is 0 Å². The maximum Gasteiger partial charge on any atom is 0.0808 e. The third-order valence-electron chi connectivity index (χ3n) is 3.03. The molecule has 3 rings (SSSR count). The van der Waals surface area contributed by atoms with Gasteiger partial charge < -0.3 is 0 Å². The predicted octanol–water partition coefficient (Wildman–Crippen LogP) is 5.31. The summed E-state index contributed by atoms with van der Waals surface area (Å²) in [5, 5.41) is 2.71. The quantitative estimate of drug-likeness (QED) is 0.731. The van der Waals surface area contributed by atoms with Crippen LogP contribution >= 0.6 is 23.4 Å². The van der Waals surface area contributed by atoms with E-state index in [1.165, 1.54) is 4.90 Å². The van der Waals surface area contributed by atoms with Crippen LogP contribution in [0.15, 0.2) is 82.2 Å². The highest BCUT2D eigenvalue weighted by molar-refractivity contribution is 8.02. The molecule has 2 aromatic rings. The van der Waals surface area contributed by atoms with Gasteiger partial charge in [0.25, 0.3) is 0 Å². The van der Waals surface area contributed by atoms with Gasteiger partial charge in [0.1, 0.15) is 0 Å². The first-order valence-electron chi connectivity index (χ1n) is 6.22. The van der Waals surface area contributed by atoms with Crippen molar-refractivity contribution in [2.75, 3.05) is 0 Å². The van der Waals surface area contributed by atoms with Crippen LogP contribution < -0.4 is 0 Å². The van der Waals surface area contributed by atoms with Crippen molar-refractivity contribution in [1.29, 1.82) is 0 Å². The lowest BCUT2D eigenvalue weighted by atomic mass is 10.0. The van der Waals surface area contributed by atoms with Gasteiger partial charge in [-0.2, -0.15) is 0 Å². The van der Waals surface area contributed by atoms with Gasteiger partial charge >= 0.3 is 0 Å². The number of allylic oxidation sites excluding steroid dienone is 1. The van der Waals surface area contributed by atoms with Crippen molar-refractivity contribution in [3.05, 3.63) is 88.4 Å². The van der Waals surface area contributed by atoms with Crippen LogP contribution in [0.1, 0.15) is 11.1 Å². The third kappa shape index (κ3) is 2.45. The second-order valence-corrected chi connectivity index (χ2v) is 5.62. The average Bonchev–Trinajstić information content (AvgIpc) is 2.67. The number of thioether (sulfide) groups is 1. The second-order valence-electron chi connectivity index (χ2n) is 4.30. The molecule has 20 heavy (non-hydrogen) atoms. The van der Waals surface area contributed by atoms with Crippen LogP contribution in [0, 0.1) is 0 Å². The number of rotatable bonds is 2. The Kier molecular flexibility index (Phi) is 3.77. The fraction of sp³-hybridized carbons (Fsp3) is 0. The molecule has 0 fully saturated rings. The number of halogens is 1. The van der Waals surface area contributed by atoms with Gasteiger partial charge in [0, 0.05) is 26.5 Å². The van der Waals surface area contributed by atoms with Gasteiger partial charge in [-0.25, -0.2) is 4.99 Å². The molecule has 0 aliphatic carbocycles. The normalized spacial score (nSPS) is 13.8. The Bertz CT molecular complexity index is 731. The maximum atomic E-state index is 6.34. The fourth-order valence-corrected chi connectivity index (χ4v) is 3.13. The fourth-order valence-electron chi connectivity index (χ4n) is 2.06. The number of hydrogen-bond acceptors (Lipinski definition) is 2. The molecule has 2 aromatic carbocycles. The molecule has 0 spiro atoms. The zero-order valence-electron chi connectivity index (χ0n) is 10.7. The molecule has 98 valence electrons. The van der Waals surface area contributed by atoms with E-state index in [0.717, 1.165) is 22.5 Å². The number of nitrogens with zero attached hydrogens (tertiary/aromatic N) is 1. The smallest absolute Gasteiger partial charge is 0.0808 e. The van der Waals surface area contributed by atoms with Crippen molar-refractivity contribution in [3.8, 4) is 0 Å². The van der Waals surface area contributed by atoms with E-state index in [0.29, 0.717) is 5.02 Å². The Labute approximate surface area is 127 Å². The molecular formula is C17H12ClNS. The van der Waals surface area contributed by atoms with E-state index in [1.807, 2.05) is 41.8 Å². The maximum absolute atomic E-state index is 6.34. The lowest BCUT2D eigenvalue weighted by Gasteiger charge is -2.10. The minimum atomic E-state index is 0.705. The first kappa shape index (κ1) is 13.2. The van der Waals surface area contributed by atoms with Gasteiger partial charge in [0.2, 0.25) is 0 Å². The van der Waals surface area contributed by atoms with E-state index >= 15 is 0 Å². The van der Waals surface area contributed by atoms with Crippen molar-refractivity contribution in [2.24, 2.45) is 4.99 Å². The van der Waals surface area contributed by atoms with Gasteiger partial charge in [-0.1, -0.05) is 66.3 Å². The molecule has 0 N–H and O–H groups in total. The Hall–Kier alpha value is -1.77. The van der Waals surface area contributed by atoms with Gasteiger partial charge in [-0.15, -0.1) is 0 Å². The Morgan fingerprint density at radius 3 is 2.45 bits per heavy atom. The predicted molar refractivity (Wildman–Crippen MR) is 87.7 cm³/mol. The Morgan fingerprint density at radius 1 is 1.00 bits per heavy atom. The molecule has 0 amide bonds. The number of hydrogen-bond donors (Lipinski definition) is 0. The number of benzene rings is 2. The minimum absolute atomic E-state index is 0.705. The summed E-state index contributed by atoms with van der Waals surface area (Å²) in [6, 6.07) is 16.0. The first-order chi connectivity index (χ1) is 9.79. The molecule has 0 bridgehead atoms. The lowest BCUT2D eigenvalue weighted by Crippen LogP contribution is -2.05. The van der Waals surface area contributed by atoms with Crippen LogP contribution in [0.2, 0.25) is 5.02 Å². The Morgan fingerprint density at radius 2 is 1.70 bits per heavy atom. The molecule has 1 nitrogen and oxygen atoms in total. The lowest BCUT2D eigenvalue weighted by molar-refractivity contribution is 1.37. The van der Waals surface area contributed by atoms with Crippen LogP contribution in [-0.4, -0.2) is 5.71 Å². The van der Waals surface area contributed by atoms with Crippen molar-refractivity contribution in [3.63, 3.8) is 0 Å². The van der Waals surface area contributed by atoms with Gasteiger partial charge in [0.15, 0.2) is 0 Å². The standard InChI is InChI=1S/C17H12ClNS/c1-2-12-11-20-16-10-6-4-8-14(16)17(19-12)13-7-3-5-9-15(13)18/h2-11H,1H2. The van der Waals surface area contributed by atoms with Gasteiger partial charge in [0.05, 0.1) is 11.4 Å². The van der Waals surface area contributed by atoms with Crippen LogP contribution in [-0.2, 0) is 0 Å². The molecule has 0 saturated carbocycles. The molecule has 1 heterocycles. The summed E-state index contributed by atoms with van der Waals surface area (Å²) in [4.78, 5) is 5.89. The molecule has 0 unspecified atom stereocenters. The molecule has 0 radical (unpaired) electrons. The first-order valence-corrected chi connectivity index (χ1v) is 7.47. The van der Waals surface area contributed by atoms with E-state index in [4.69, 9.17) is 16.6 Å². The number of aliphatic imine (C=N–C) groups is 1. The van der Waals surface area contributed by atoms with Crippen LogP contribution in [0.4, 0.5) is 0 Å². The molecule has 3 heteroatoms. The molecule has 0 saturated heterocycles. The summed E-state index contributed by atoms with van der Waals surface area (Å²) in [7, 11) is 0. The third-order valence-corrected chi connectivity index (χ3v) is 4.33. The van der Waals surface area contributed by atoms with Crippen LogP contribution in [0.25, 0.3) is 0 Å². The minimum Gasteiger partial charge on any atom is -0.247 e. The number of fused-ring (bicyclic) bond motifs is 1. The van der Waals surface area contributed by atoms with Crippen molar-refractivity contribution >= 4 is 29.1 Å². The highest BCUT2D eigenvalue weighted by Crippen LogP contribution is 2.32. The SMILES string of the molecule is C=CC1=CSc2ccccc2C(c2ccccc2Cl)=N1. The van der Waals surface area contributed by atoms with Gasteiger partial charge in [-0.3, -0.25) is 0 Å². The summed E-state index contributed by atoms with van der Waals surface area (Å²) in [5.74, 6) is 0. The van der Waals surface area contributed by atoms with Crippen molar-refractivity contribution < 1.29 is 0 Å². The molecule has 0 aromatic heterocycles. The topological polar surface area (TPSA) is 12.4 Å². The summed E-state index contributed by atoms with van der Waals surface area (Å²) in [6.07, 6.45) is 1.76. The Balaban J connectivity index is 2.26. The summed E-state index contributed by atoms with van der Waals surface area (Å²) >= 11 is 7.99. The summed E-state index contributed by atoms with van der Waals surface area (Å²) < 4.78 is 0. The summed E-state index contributed by atoms with van der Waals surface area (Å²) in [6.45, 7) is 3.82. The zero-order valence-corrected chi connectivity index (χ0v) is 12.3. The second kappa shape index (κ2) is 5.70.